The van der Waals surface area contributed by atoms with Crippen LogP contribution in [0.5, 0.6) is 0 Å². The summed E-state index contributed by atoms with van der Waals surface area (Å²) in [6, 6.07) is 0. The quantitative estimate of drug-likeness (QED) is 0.221. The molecule has 156 valence electrons. The predicted molar refractivity (Wildman–Crippen MR) is 113 cm³/mol. The van der Waals surface area contributed by atoms with Crippen molar-refractivity contribution in [2.24, 2.45) is 23.2 Å². The largest absolute Gasteiger partial charge is 0.466 e. The van der Waals surface area contributed by atoms with Gasteiger partial charge in [0.25, 0.3) is 0 Å². The van der Waals surface area contributed by atoms with E-state index in [-0.39, 0.29) is 29.0 Å². The molecular formula is C24H42O3. The second-order valence-electron chi connectivity index (χ2n) is 9.32. The van der Waals surface area contributed by atoms with Crippen molar-refractivity contribution in [1.29, 1.82) is 0 Å². The van der Waals surface area contributed by atoms with E-state index >= 15 is 0 Å². The first-order chi connectivity index (χ1) is 12.8. The van der Waals surface area contributed by atoms with Crippen molar-refractivity contribution >= 4 is 11.8 Å². The van der Waals surface area contributed by atoms with Crippen LogP contribution in [0, 0.1) is 23.2 Å². The molecule has 2 unspecified atom stereocenters. The van der Waals surface area contributed by atoms with Gasteiger partial charge in [-0.05, 0) is 36.5 Å². The van der Waals surface area contributed by atoms with Gasteiger partial charge >= 0.3 is 5.97 Å². The number of esters is 1. The van der Waals surface area contributed by atoms with E-state index in [2.05, 4.69) is 27.4 Å². The Morgan fingerprint density at radius 2 is 1.81 bits per heavy atom. The highest BCUT2D eigenvalue weighted by molar-refractivity contribution is 5.82. The molecule has 1 aliphatic carbocycles. The van der Waals surface area contributed by atoms with Gasteiger partial charge in [0.05, 0.1) is 6.61 Å². The topological polar surface area (TPSA) is 43.4 Å². The molecular weight excluding hydrogens is 336 g/mol. The molecule has 0 radical (unpaired) electrons. The number of Topliss-reactive ketones (excluding diaryl/α,β-unsaturated/α-hetero) is 1. The Kier molecular flexibility index (Phi) is 10.9. The third kappa shape index (κ3) is 9.08. The lowest BCUT2D eigenvalue weighted by Gasteiger charge is -2.34. The molecule has 0 N–H and O–H groups in total. The van der Waals surface area contributed by atoms with E-state index in [4.69, 9.17) is 4.74 Å². The molecule has 0 aliphatic heterocycles. The molecule has 2 atom stereocenters. The molecule has 0 aromatic rings. The molecule has 0 amide bonds. The maximum Gasteiger partial charge on any atom is 0.305 e. The number of hydrogen-bond donors (Lipinski definition) is 0. The van der Waals surface area contributed by atoms with Gasteiger partial charge in [0, 0.05) is 18.8 Å². The third-order valence-corrected chi connectivity index (χ3v) is 6.04. The third-order valence-electron chi connectivity index (χ3n) is 6.04. The lowest BCUT2D eigenvalue weighted by molar-refractivity contribution is -0.144. The highest BCUT2D eigenvalue weighted by Gasteiger charge is 2.35. The summed E-state index contributed by atoms with van der Waals surface area (Å²) in [7, 11) is 0. The minimum absolute atomic E-state index is 0.0244. The Morgan fingerprint density at radius 1 is 1.15 bits per heavy atom. The van der Waals surface area contributed by atoms with Crippen LogP contribution in [-0.4, -0.2) is 18.4 Å². The number of rotatable bonds is 12. The molecule has 0 bridgehead atoms. The van der Waals surface area contributed by atoms with Gasteiger partial charge in [0.1, 0.15) is 5.78 Å². The maximum absolute atomic E-state index is 12.4. The molecule has 0 heterocycles. The molecule has 3 heteroatoms. The van der Waals surface area contributed by atoms with E-state index in [1.165, 1.54) is 38.5 Å². The molecule has 0 saturated heterocycles. The summed E-state index contributed by atoms with van der Waals surface area (Å²) in [6.45, 7) is 12.6. The Morgan fingerprint density at radius 3 is 2.37 bits per heavy atom. The lowest BCUT2D eigenvalue weighted by Crippen LogP contribution is -2.34. The minimum atomic E-state index is -0.142. The van der Waals surface area contributed by atoms with Gasteiger partial charge in [-0.2, -0.15) is 0 Å². The monoisotopic (exact) mass is 378 g/mol. The zero-order valence-corrected chi connectivity index (χ0v) is 18.2. The van der Waals surface area contributed by atoms with E-state index < -0.39 is 0 Å². The van der Waals surface area contributed by atoms with Gasteiger partial charge < -0.3 is 4.74 Å². The van der Waals surface area contributed by atoms with E-state index in [9.17, 15) is 9.59 Å². The molecule has 0 aromatic heterocycles. The zero-order chi connectivity index (χ0) is 20.3. The number of carbonyl (C=O) groups excluding carboxylic acids is 2. The number of unbranched alkanes of at least 4 members (excludes halogenated alkanes) is 1. The summed E-state index contributed by atoms with van der Waals surface area (Å²) in [5, 5.41) is 0. The maximum atomic E-state index is 12.4. The number of carbonyl (C=O) groups is 2. The lowest BCUT2D eigenvalue weighted by atomic mass is 9.69. The fourth-order valence-electron chi connectivity index (χ4n) is 4.56. The van der Waals surface area contributed by atoms with Crippen LogP contribution in [0.25, 0.3) is 0 Å². The SMILES string of the molecule is C=CC(CCC(=O)OCCCCC1CCCCC1)C(C(=O)CC)C(C)(C)C. The summed E-state index contributed by atoms with van der Waals surface area (Å²) < 4.78 is 5.42. The molecule has 3 nitrogen and oxygen atoms in total. The zero-order valence-electron chi connectivity index (χ0n) is 18.2. The first-order valence-electron chi connectivity index (χ1n) is 11.1. The van der Waals surface area contributed by atoms with Crippen LogP contribution in [-0.2, 0) is 14.3 Å². The summed E-state index contributed by atoms with van der Waals surface area (Å²) >= 11 is 0. The number of ketones is 1. The van der Waals surface area contributed by atoms with Gasteiger partial charge in [-0.15, -0.1) is 6.58 Å². The summed E-state index contributed by atoms with van der Waals surface area (Å²) in [5.74, 6) is 0.937. The molecule has 0 aromatic carbocycles. The van der Waals surface area contributed by atoms with Crippen LogP contribution in [0.1, 0.15) is 98.3 Å². The molecule has 1 rings (SSSR count). The van der Waals surface area contributed by atoms with Crippen molar-refractivity contribution in [2.75, 3.05) is 6.61 Å². The van der Waals surface area contributed by atoms with Crippen molar-refractivity contribution in [3.63, 3.8) is 0 Å². The summed E-state index contributed by atoms with van der Waals surface area (Å²) in [4.78, 5) is 24.5. The van der Waals surface area contributed by atoms with Gasteiger partial charge in [-0.25, -0.2) is 0 Å². The van der Waals surface area contributed by atoms with Crippen LogP contribution in [0.3, 0.4) is 0 Å². The van der Waals surface area contributed by atoms with E-state index in [0.717, 1.165) is 18.8 Å². The standard InChI is InChI=1S/C24H42O3/c1-6-20(23(21(25)7-2)24(3,4)5)16-17-22(26)27-18-12-11-15-19-13-9-8-10-14-19/h6,19-20,23H,1,7-18H2,2-5H3. The van der Waals surface area contributed by atoms with Gasteiger partial charge in [0.15, 0.2) is 0 Å². The first kappa shape index (κ1) is 23.9. The van der Waals surface area contributed by atoms with Crippen LogP contribution in [0.2, 0.25) is 0 Å². The highest BCUT2D eigenvalue weighted by Crippen LogP contribution is 2.36. The molecule has 27 heavy (non-hydrogen) atoms. The van der Waals surface area contributed by atoms with Crippen LogP contribution < -0.4 is 0 Å². The predicted octanol–water partition coefficient (Wildman–Crippen LogP) is 6.50. The first-order valence-corrected chi connectivity index (χ1v) is 11.1. The van der Waals surface area contributed by atoms with Crippen molar-refractivity contribution in [3.8, 4) is 0 Å². The van der Waals surface area contributed by atoms with Crippen LogP contribution in [0.15, 0.2) is 12.7 Å². The van der Waals surface area contributed by atoms with E-state index in [0.29, 0.717) is 25.9 Å². The van der Waals surface area contributed by atoms with Crippen LogP contribution >= 0.6 is 0 Å². The van der Waals surface area contributed by atoms with Crippen LogP contribution in [0.4, 0.5) is 0 Å². The summed E-state index contributed by atoms with van der Waals surface area (Å²) in [5.41, 5.74) is -0.130. The Labute approximate surface area is 167 Å². The van der Waals surface area contributed by atoms with Crippen molar-refractivity contribution in [2.45, 2.75) is 98.3 Å². The van der Waals surface area contributed by atoms with E-state index in [1.54, 1.807) is 0 Å². The fourth-order valence-corrected chi connectivity index (χ4v) is 4.56. The van der Waals surface area contributed by atoms with Gasteiger partial charge in [0.2, 0.25) is 0 Å². The molecule has 1 aliphatic rings. The molecule has 1 fully saturated rings. The van der Waals surface area contributed by atoms with Crippen molar-refractivity contribution in [1.82, 2.24) is 0 Å². The van der Waals surface area contributed by atoms with E-state index in [1.807, 2.05) is 13.0 Å². The van der Waals surface area contributed by atoms with Gasteiger partial charge in [-0.1, -0.05) is 72.3 Å². The highest BCUT2D eigenvalue weighted by atomic mass is 16.5. The average molecular weight is 379 g/mol. The second-order valence-corrected chi connectivity index (χ2v) is 9.32. The number of ether oxygens (including phenoxy) is 1. The molecule has 1 saturated carbocycles. The second kappa shape index (κ2) is 12.4. The Bertz CT molecular complexity index is 455. The van der Waals surface area contributed by atoms with Crippen molar-refractivity contribution < 1.29 is 14.3 Å². The van der Waals surface area contributed by atoms with Gasteiger partial charge in [-0.3, -0.25) is 9.59 Å². The average Bonchev–Trinajstić information content (AvgIpc) is 2.64. The Hall–Kier alpha value is -1.12. The molecule has 0 spiro atoms. The normalized spacial score (nSPS) is 17.9. The summed E-state index contributed by atoms with van der Waals surface area (Å²) in [6.07, 6.45) is 13.7. The Balaban J connectivity index is 2.29. The van der Waals surface area contributed by atoms with Crippen molar-refractivity contribution in [3.05, 3.63) is 12.7 Å². The number of allylic oxidation sites excluding steroid dienone is 1. The fraction of sp³-hybridized carbons (Fsp3) is 0.833. The number of hydrogen-bond acceptors (Lipinski definition) is 3. The minimum Gasteiger partial charge on any atom is -0.466 e. The smallest absolute Gasteiger partial charge is 0.305 e.